The van der Waals surface area contributed by atoms with Gasteiger partial charge in [-0.05, 0) is 49.7 Å². The summed E-state index contributed by atoms with van der Waals surface area (Å²) in [7, 11) is 2.11. The van der Waals surface area contributed by atoms with Gasteiger partial charge in [0.2, 0.25) is 0 Å². The summed E-state index contributed by atoms with van der Waals surface area (Å²) in [4.78, 5) is 2.26. The lowest BCUT2D eigenvalue weighted by molar-refractivity contribution is 0.0833. The summed E-state index contributed by atoms with van der Waals surface area (Å²) in [6, 6.07) is 14.6. The van der Waals surface area contributed by atoms with Crippen LogP contribution in [0.5, 0.6) is 5.75 Å². The average Bonchev–Trinajstić information content (AvgIpc) is 2.53. The quantitative estimate of drug-likeness (QED) is 0.583. The molecule has 130 valence electrons. The van der Waals surface area contributed by atoms with E-state index < -0.39 is 0 Å². The number of rotatable bonds is 9. The van der Waals surface area contributed by atoms with Crippen molar-refractivity contribution >= 4 is 15.9 Å². The number of ether oxygens (including phenoxy) is 2. The third-order valence-corrected chi connectivity index (χ3v) is 4.27. The molecule has 2 rings (SSSR count). The Hall–Kier alpha value is -1.36. The van der Waals surface area contributed by atoms with Crippen molar-refractivity contribution in [1.29, 1.82) is 0 Å². The molecule has 0 unspecified atom stereocenters. The third-order valence-electron chi connectivity index (χ3n) is 3.81. The minimum atomic E-state index is 0.575. The van der Waals surface area contributed by atoms with E-state index in [-0.39, 0.29) is 0 Å². The molecular weight excluding hydrogens is 366 g/mol. The van der Waals surface area contributed by atoms with Crippen molar-refractivity contribution < 1.29 is 9.47 Å². The first-order valence-electron chi connectivity index (χ1n) is 8.26. The van der Waals surface area contributed by atoms with Gasteiger partial charge in [-0.15, -0.1) is 0 Å². The first kappa shape index (κ1) is 19.0. The van der Waals surface area contributed by atoms with Gasteiger partial charge in [0.05, 0.1) is 13.2 Å². The molecule has 0 aliphatic rings. The summed E-state index contributed by atoms with van der Waals surface area (Å²) in [5.41, 5.74) is 3.61. The number of aryl methyl sites for hydroxylation is 2. The Morgan fingerprint density at radius 2 is 1.62 bits per heavy atom. The van der Waals surface area contributed by atoms with Crippen LogP contribution in [0.1, 0.15) is 16.7 Å². The van der Waals surface area contributed by atoms with E-state index in [0.717, 1.165) is 34.4 Å². The van der Waals surface area contributed by atoms with Gasteiger partial charge in [0.1, 0.15) is 12.4 Å². The molecule has 3 nitrogen and oxygen atoms in total. The molecule has 0 N–H and O–H groups in total. The van der Waals surface area contributed by atoms with E-state index in [1.807, 2.05) is 6.07 Å². The zero-order chi connectivity index (χ0) is 17.4. The molecule has 0 saturated heterocycles. The van der Waals surface area contributed by atoms with Crippen LogP contribution < -0.4 is 4.74 Å². The Kier molecular flexibility index (Phi) is 7.76. The maximum absolute atomic E-state index is 5.87. The second kappa shape index (κ2) is 9.82. The fourth-order valence-corrected chi connectivity index (χ4v) is 3.31. The number of hydrogen-bond acceptors (Lipinski definition) is 3. The standard InChI is InChI=1S/C20H26BrNO2/c1-16-13-19(21)14-17(2)20(16)24-12-11-23-10-9-22(3)15-18-7-5-4-6-8-18/h4-8,13-14H,9-12,15H2,1-3H3. The number of hydrogen-bond donors (Lipinski definition) is 0. The van der Waals surface area contributed by atoms with E-state index >= 15 is 0 Å². The Bertz CT molecular complexity index is 608. The van der Waals surface area contributed by atoms with Gasteiger partial charge in [-0.1, -0.05) is 46.3 Å². The van der Waals surface area contributed by atoms with Crippen molar-refractivity contribution in [3.63, 3.8) is 0 Å². The van der Waals surface area contributed by atoms with Gasteiger partial charge in [-0.25, -0.2) is 0 Å². The average molecular weight is 392 g/mol. The van der Waals surface area contributed by atoms with Crippen LogP contribution in [0.15, 0.2) is 46.9 Å². The number of benzene rings is 2. The molecule has 0 amide bonds. The van der Waals surface area contributed by atoms with Crippen molar-refractivity contribution in [3.8, 4) is 5.75 Å². The normalized spacial score (nSPS) is 11.0. The van der Waals surface area contributed by atoms with Crippen molar-refractivity contribution in [2.75, 3.05) is 33.4 Å². The fraction of sp³-hybridized carbons (Fsp3) is 0.400. The second-order valence-electron chi connectivity index (χ2n) is 6.05. The van der Waals surface area contributed by atoms with Gasteiger partial charge in [0.25, 0.3) is 0 Å². The van der Waals surface area contributed by atoms with Crippen molar-refractivity contribution in [3.05, 3.63) is 63.6 Å². The fourth-order valence-electron chi connectivity index (χ4n) is 2.62. The number of nitrogens with zero attached hydrogens (tertiary/aromatic N) is 1. The molecule has 0 radical (unpaired) electrons. The van der Waals surface area contributed by atoms with Crippen LogP contribution in [0.3, 0.4) is 0 Å². The predicted octanol–water partition coefficient (Wildman–Crippen LogP) is 4.59. The molecule has 0 heterocycles. The van der Waals surface area contributed by atoms with E-state index in [1.54, 1.807) is 0 Å². The first-order chi connectivity index (χ1) is 11.6. The van der Waals surface area contributed by atoms with Gasteiger partial charge in [0.15, 0.2) is 0 Å². The summed E-state index contributed by atoms with van der Waals surface area (Å²) in [5.74, 6) is 0.961. The van der Waals surface area contributed by atoms with Crippen LogP contribution in [-0.2, 0) is 11.3 Å². The highest BCUT2D eigenvalue weighted by Crippen LogP contribution is 2.27. The maximum Gasteiger partial charge on any atom is 0.125 e. The molecule has 0 spiro atoms. The van der Waals surface area contributed by atoms with Crippen LogP contribution in [0.4, 0.5) is 0 Å². The zero-order valence-corrected chi connectivity index (χ0v) is 16.3. The molecule has 0 bridgehead atoms. The monoisotopic (exact) mass is 391 g/mol. The van der Waals surface area contributed by atoms with Crippen molar-refractivity contribution in [2.24, 2.45) is 0 Å². The van der Waals surface area contributed by atoms with Crippen LogP contribution >= 0.6 is 15.9 Å². The molecule has 24 heavy (non-hydrogen) atoms. The lowest BCUT2D eigenvalue weighted by atomic mass is 10.1. The van der Waals surface area contributed by atoms with Gasteiger partial charge in [-0.3, -0.25) is 4.90 Å². The number of likely N-dealkylation sites (N-methyl/N-ethyl adjacent to an activating group) is 1. The predicted molar refractivity (Wildman–Crippen MR) is 103 cm³/mol. The molecule has 2 aromatic carbocycles. The zero-order valence-electron chi connectivity index (χ0n) is 14.7. The number of halogens is 1. The Labute approximate surface area is 153 Å². The van der Waals surface area contributed by atoms with E-state index in [0.29, 0.717) is 19.8 Å². The Balaban J connectivity index is 1.62. The van der Waals surface area contributed by atoms with Crippen molar-refractivity contribution in [1.82, 2.24) is 4.90 Å². The highest BCUT2D eigenvalue weighted by atomic mass is 79.9. The lowest BCUT2D eigenvalue weighted by Gasteiger charge is -2.17. The van der Waals surface area contributed by atoms with Crippen LogP contribution in [0.2, 0.25) is 0 Å². The second-order valence-corrected chi connectivity index (χ2v) is 6.97. The smallest absolute Gasteiger partial charge is 0.125 e. The van der Waals surface area contributed by atoms with E-state index in [4.69, 9.17) is 9.47 Å². The van der Waals surface area contributed by atoms with Gasteiger partial charge in [0, 0.05) is 17.6 Å². The first-order valence-corrected chi connectivity index (χ1v) is 9.05. The van der Waals surface area contributed by atoms with Crippen LogP contribution in [0, 0.1) is 13.8 Å². The van der Waals surface area contributed by atoms with Crippen LogP contribution in [0.25, 0.3) is 0 Å². The Morgan fingerprint density at radius 3 is 2.29 bits per heavy atom. The minimum Gasteiger partial charge on any atom is -0.491 e. The van der Waals surface area contributed by atoms with Crippen molar-refractivity contribution in [2.45, 2.75) is 20.4 Å². The third kappa shape index (κ3) is 6.27. The highest BCUT2D eigenvalue weighted by Gasteiger charge is 2.05. The van der Waals surface area contributed by atoms with E-state index in [1.165, 1.54) is 5.56 Å². The Morgan fingerprint density at radius 1 is 0.958 bits per heavy atom. The molecule has 0 aromatic heterocycles. The largest absolute Gasteiger partial charge is 0.491 e. The van der Waals surface area contributed by atoms with Gasteiger partial charge >= 0.3 is 0 Å². The summed E-state index contributed by atoms with van der Waals surface area (Å²) < 4.78 is 12.6. The van der Waals surface area contributed by atoms with Gasteiger partial charge < -0.3 is 9.47 Å². The lowest BCUT2D eigenvalue weighted by Crippen LogP contribution is -2.23. The maximum atomic E-state index is 5.87. The van der Waals surface area contributed by atoms with E-state index in [9.17, 15) is 0 Å². The molecule has 0 aliphatic carbocycles. The summed E-state index contributed by atoms with van der Waals surface area (Å²) in [6.45, 7) is 7.87. The van der Waals surface area contributed by atoms with E-state index in [2.05, 4.69) is 78.1 Å². The molecule has 0 saturated carbocycles. The summed E-state index contributed by atoms with van der Waals surface area (Å²) in [6.07, 6.45) is 0. The molecule has 0 aliphatic heterocycles. The van der Waals surface area contributed by atoms with Crippen LogP contribution in [-0.4, -0.2) is 38.3 Å². The minimum absolute atomic E-state index is 0.575. The summed E-state index contributed by atoms with van der Waals surface area (Å²) in [5, 5.41) is 0. The highest BCUT2D eigenvalue weighted by molar-refractivity contribution is 9.10. The summed E-state index contributed by atoms with van der Waals surface area (Å²) >= 11 is 3.50. The SMILES string of the molecule is Cc1cc(Br)cc(C)c1OCCOCCN(C)Cc1ccccc1. The molecule has 0 fully saturated rings. The molecule has 0 atom stereocenters. The molecule has 2 aromatic rings. The van der Waals surface area contributed by atoms with Gasteiger partial charge in [-0.2, -0.15) is 0 Å². The topological polar surface area (TPSA) is 21.7 Å². The molecule has 4 heteroatoms. The molecular formula is C20H26BrNO2.